The number of nitrogens with two attached hydrogens (primary N) is 1. The van der Waals surface area contributed by atoms with Crippen molar-refractivity contribution in [2.75, 3.05) is 0 Å². The Bertz CT molecular complexity index is 664. The molecule has 1 heterocycles. The Hall–Kier alpha value is -1.72. The summed E-state index contributed by atoms with van der Waals surface area (Å²) >= 11 is 10.6. The fourth-order valence-electron chi connectivity index (χ4n) is 1.56. The molecule has 1 aromatic heterocycles. The van der Waals surface area contributed by atoms with E-state index in [9.17, 15) is 4.79 Å². The summed E-state index contributed by atoms with van der Waals surface area (Å²) in [5.41, 5.74) is 6.77. The molecule has 0 unspecified atom stereocenters. The molecule has 2 aromatic rings. The van der Waals surface area contributed by atoms with Gasteiger partial charge in [-0.25, -0.2) is 4.68 Å². The minimum Gasteiger partial charge on any atom is -0.388 e. The van der Waals surface area contributed by atoms with Crippen molar-refractivity contribution in [2.24, 2.45) is 5.73 Å². The summed E-state index contributed by atoms with van der Waals surface area (Å²) in [5, 5.41) is 4.80. The summed E-state index contributed by atoms with van der Waals surface area (Å²) in [5.74, 6) is 0. The number of hydrogen-bond acceptors (Lipinski definition) is 3. The van der Waals surface area contributed by atoms with E-state index in [2.05, 4.69) is 5.10 Å². The molecule has 0 saturated carbocycles. The fourth-order valence-corrected chi connectivity index (χ4v) is 1.83. The molecular formula is C12H10ClN3OS. The van der Waals surface area contributed by atoms with Gasteiger partial charge in [0.1, 0.15) is 4.99 Å². The van der Waals surface area contributed by atoms with Gasteiger partial charge in [-0.2, -0.15) is 5.10 Å². The van der Waals surface area contributed by atoms with E-state index < -0.39 is 0 Å². The van der Waals surface area contributed by atoms with Gasteiger partial charge in [-0.1, -0.05) is 23.8 Å². The topological polar surface area (TPSA) is 60.9 Å². The summed E-state index contributed by atoms with van der Waals surface area (Å²) in [6.45, 7) is 1.78. The minimum absolute atomic E-state index is 0.0114. The summed E-state index contributed by atoms with van der Waals surface area (Å²) in [6, 6.07) is 8.55. The van der Waals surface area contributed by atoms with Crippen LogP contribution in [0.2, 0.25) is 5.02 Å². The highest BCUT2D eigenvalue weighted by molar-refractivity contribution is 7.80. The van der Waals surface area contributed by atoms with Crippen molar-refractivity contribution >= 4 is 28.8 Å². The van der Waals surface area contributed by atoms with Gasteiger partial charge >= 0.3 is 0 Å². The van der Waals surface area contributed by atoms with Crippen LogP contribution in [0.25, 0.3) is 5.69 Å². The van der Waals surface area contributed by atoms with E-state index in [1.165, 1.54) is 6.07 Å². The second-order valence-electron chi connectivity index (χ2n) is 3.75. The van der Waals surface area contributed by atoms with Crippen LogP contribution in [0.1, 0.15) is 11.4 Å². The number of halogens is 1. The third-order valence-electron chi connectivity index (χ3n) is 2.41. The molecule has 4 nitrogen and oxygen atoms in total. The third kappa shape index (κ3) is 2.42. The van der Waals surface area contributed by atoms with E-state index in [1.54, 1.807) is 35.9 Å². The average Bonchev–Trinajstić information content (AvgIpc) is 2.30. The maximum atomic E-state index is 11.7. The lowest BCUT2D eigenvalue weighted by Gasteiger charge is -2.10. The van der Waals surface area contributed by atoms with Crippen LogP contribution < -0.4 is 11.2 Å². The molecule has 0 aliphatic carbocycles. The molecule has 6 heteroatoms. The largest absolute Gasteiger partial charge is 0.388 e. The van der Waals surface area contributed by atoms with Gasteiger partial charge in [-0.05, 0) is 31.2 Å². The SMILES string of the molecule is Cc1cc(=O)c(C(N)=S)nn1-c1ccc(Cl)cc1. The monoisotopic (exact) mass is 279 g/mol. The van der Waals surface area contributed by atoms with Crippen LogP contribution in [0.5, 0.6) is 0 Å². The standard InChI is InChI=1S/C12H10ClN3OS/c1-7-6-10(17)11(12(14)18)15-16(7)9-4-2-8(13)3-5-9/h2-6H,1H3,(H2,14,18). The highest BCUT2D eigenvalue weighted by atomic mass is 35.5. The first-order chi connectivity index (χ1) is 8.49. The lowest BCUT2D eigenvalue weighted by molar-refractivity contribution is 0.794. The quantitative estimate of drug-likeness (QED) is 0.852. The molecule has 0 radical (unpaired) electrons. The zero-order valence-corrected chi connectivity index (χ0v) is 11.1. The van der Waals surface area contributed by atoms with Gasteiger partial charge < -0.3 is 5.73 Å². The molecule has 2 rings (SSSR count). The molecule has 1 aromatic carbocycles. The molecule has 0 amide bonds. The molecule has 18 heavy (non-hydrogen) atoms. The van der Waals surface area contributed by atoms with E-state index in [-0.39, 0.29) is 16.1 Å². The van der Waals surface area contributed by atoms with Gasteiger partial charge in [-0.3, -0.25) is 4.79 Å². The van der Waals surface area contributed by atoms with Crippen LogP contribution in [0.4, 0.5) is 0 Å². The second kappa shape index (κ2) is 4.88. The van der Waals surface area contributed by atoms with Crippen molar-refractivity contribution in [3.8, 4) is 5.69 Å². The van der Waals surface area contributed by atoms with Gasteiger partial charge in [-0.15, -0.1) is 0 Å². The lowest BCUT2D eigenvalue weighted by atomic mass is 10.3. The van der Waals surface area contributed by atoms with Gasteiger partial charge in [0.25, 0.3) is 0 Å². The number of thiocarbonyl (C=S) groups is 1. The summed E-state index contributed by atoms with van der Waals surface area (Å²) in [4.78, 5) is 11.6. The van der Waals surface area contributed by atoms with Gasteiger partial charge in [0.15, 0.2) is 5.69 Å². The zero-order valence-electron chi connectivity index (χ0n) is 9.55. The van der Waals surface area contributed by atoms with Gasteiger partial charge in [0, 0.05) is 16.8 Å². The van der Waals surface area contributed by atoms with Gasteiger partial charge in [0.2, 0.25) is 5.43 Å². The van der Waals surface area contributed by atoms with Crippen molar-refractivity contribution in [3.05, 3.63) is 57.0 Å². The molecule has 0 saturated heterocycles. The van der Waals surface area contributed by atoms with Crippen LogP contribution in [0.15, 0.2) is 35.1 Å². The van der Waals surface area contributed by atoms with Crippen LogP contribution in [0, 0.1) is 6.92 Å². The number of benzene rings is 1. The van der Waals surface area contributed by atoms with Crippen LogP contribution in [-0.4, -0.2) is 14.8 Å². The van der Waals surface area contributed by atoms with Crippen molar-refractivity contribution in [1.82, 2.24) is 9.78 Å². The number of rotatable bonds is 2. The maximum absolute atomic E-state index is 11.7. The molecular weight excluding hydrogens is 270 g/mol. The molecule has 0 bridgehead atoms. The van der Waals surface area contributed by atoms with E-state index in [0.717, 1.165) is 5.69 Å². The van der Waals surface area contributed by atoms with Gasteiger partial charge in [0.05, 0.1) is 5.69 Å². The molecule has 0 fully saturated rings. The number of nitrogens with zero attached hydrogens (tertiary/aromatic N) is 2. The lowest BCUT2D eigenvalue weighted by Crippen LogP contribution is -2.26. The second-order valence-corrected chi connectivity index (χ2v) is 4.63. The highest BCUT2D eigenvalue weighted by Crippen LogP contribution is 2.13. The number of aryl methyl sites for hydroxylation is 1. The van der Waals surface area contributed by atoms with Crippen LogP contribution >= 0.6 is 23.8 Å². The van der Waals surface area contributed by atoms with Crippen LogP contribution in [0.3, 0.4) is 0 Å². The first-order valence-corrected chi connectivity index (χ1v) is 5.94. The number of aromatic nitrogens is 2. The summed E-state index contributed by atoms with van der Waals surface area (Å²) in [7, 11) is 0. The maximum Gasteiger partial charge on any atom is 0.210 e. The van der Waals surface area contributed by atoms with E-state index in [4.69, 9.17) is 29.6 Å². The molecule has 0 spiro atoms. The van der Waals surface area contributed by atoms with Crippen LogP contribution in [-0.2, 0) is 0 Å². The Morgan fingerprint density at radius 1 is 1.39 bits per heavy atom. The fraction of sp³-hybridized carbons (Fsp3) is 0.0833. The zero-order chi connectivity index (χ0) is 13.3. The third-order valence-corrected chi connectivity index (χ3v) is 2.86. The normalized spacial score (nSPS) is 10.3. The molecule has 0 aliphatic rings. The smallest absolute Gasteiger partial charge is 0.210 e. The molecule has 92 valence electrons. The van der Waals surface area contributed by atoms with Crippen molar-refractivity contribution in [1.29, 1.82) is 0 Å². The van der Waals surface area contributed by atoms with E-state index in [0.29, 0.717) is 10.7 Å². The predicted octanol–water partition coefficient (Wildman–Crippen LogP) is 1.83. The highest BCUT2D eigenvalue weighted by Gasteiger charge is 2.09. The van der Waals surface area contributed by atoms with E-state index >= 15 is 0 Å². The van der Waals surface area contributed by atoms with Crippen molar-refractivity contribution in [3.63, 3.8) is 0 Å². The predicted molar refractivity (Wildman–Crippen MR) is 75.5 cm³/mol. The Kier molecular flexibility index (Phi) is 3.45. The van der Waals surface area contributed by atoms with Crippen molar-refractivity contribution in [2.45, 2.75) is 6.92 Å². The average molecular weight is 280 g/mol. The first-order valence-electron chi connectivity index (χ1n) is 5.16. The minimum atomic E-state index is -0.273. The Morgan fingerprint density at radius 2 is 2.00 bits per heavy atom. The Morgan fingerprint density at radius 3 is 2.56 bits per heavy atom. The Labute approximate surface area is 114 Å². The summed E-state index contributed by atoms with van der Waals surface area (Å²) in [6.07, 6.45) is 0. The molecule has 0 atom stereocenters. The Balaban J connectivity index is 2.64. The van der Waals surface area contributed by atoms with Crippen molar-refractivity contribution < 1.29 is 0 Å². The molecule has 0 aliphatic heterocycles. The van der Waals surface area contributed by atoms with E-state index in [1.807, 2.05) is 0 Å². The summed E-state index contributed by atoms with van der Waals surface area (Å²) < 4.78 is 1.60. The molecule has 2 N–H and O–H groups in total. The number of hydrogen-bond donors (Lipinski definition) is 1. The first kappa shape index (κ1) is 12.7.